The van der Waals surface area contributed by atoms with Crippen LogP contribution >= 0.6 is 0 Å². The molecule has 0 bridgehead atoms. The molecule has 0 saturated carbocycles. The normalized spacial score (nSPS) is 22.1. The summed E-state index contributed by atoms with van der Waals surface area (Å²) in [6.45, 7) is 3.49. The van der Waals surface area contributed by atoms with Gasteiger partial charge in [0.05, 0.1) is 6.61 Å². The molecule has 1 heterocycles. The lowest BCUT2D eigenvalue weighted by molar-refractivity contribution is 0.183. The molecule has 16 heavy (non-hydrogen) atoms. The van der Waals surface area contributed by atoms with Crippen molar-refractivity contribution in [3.63, 3.8) is 0 Å². The SMILES string of the molecule is CC(Nc1cc(F)cc(F)c1)C1CCOC1. The molecule has 4 heteroatoms. The monoisotopic (exact) mass is 227 g/mol. The second-order valence-electron chi connectivity index (χ2n) is 4.21. The smallest absolute Gasteiger partial charge is 0.128 e. The summed E-state index contributed by atoms with van der Waals surface area (Å²) < 4.78 is 31.2. The van der Waals surface area contributed by atoms with Gasteiger partial charge >= 0.3 is 0 Å². The highest BCUT2D eigenvalue weighted by Crippen LogP contribution is 2.21. The van der Waals surface area contributed by atoms with Gasteiger partial charge in [0.2, 0.25) is 0 Å². The zero-order valence-electron chi connectivity index (χ0n) is 9.17. The minimum atomic E-state index is -0.558. The van der Waals surface area contributed by atoms with Gasteiger partial charge in [0.25, 0.3) is 0 Å². The third-order valence-electron chi connectivity index (χ3n) is 2.93. The van der Waals surface area contributed by atoms with Gasteiger partial charge < -0.3 is 10.1 Å². The van der Waals surface area contributed by atoms with Gasteiger partial charge in [-0.2, -0.15) is 0 Å². The van der Waals surface area contributed by atoms with E-state index in [4.69, 9.17) is 4.74 Å². The molecule has 0 radical (unpaired) electrons. The summed E-state index contributed by atoms with van der Waals surface area (Å²) in [5, 5.41) is 3.11. The van der Waals surface area contributed by atoms with Crippen molar-refractivity contribution in [3.8, 4) is 0 Å². The first-order valence-corrected chi connectivity index (χ1v) is 5.45. The van der Waals surface area contributed by atoms with Gasteiger partial charge in [0.15, 0.2) is 0 Å². The zero-order valence-corrected chi connectivity index (χ0v) is 9.17. The Labute approximate surface area is 93.6 Å². The third kappa shape index (κ3) is 2.70. The Morgan fingerprint density at radius 2 is 2.00 bits per heavy atom. The Bertz CT molecular complexity index is 344. The Balaban J connectivity index is 2.02. The lowest BCUT2D eigenvalue weighted by atomic mass is 10.0. The first-order valence-electron chi connectivity index (χ1n) is 5.45. The van der Waals surface area contributed by atoms with Gasteiger partial charge in [-0.25, -0.2) is 8.78 Å². The minimum absolute atomic E-state index is 0.156. The fourth-order valence-electron chi connectivity index (χ4n) is 1.96. The molecule has 0 aromatic heterocycles. The van der Waals surface area contributed by atoms with Crippen molar-refractivity contribution in [2.24, 2.45) is 5.92 Å². The van der Waals surface area contributed by atoms with Crippen LogP contribution in [-0.4, -0.2) is 19.3 Å². The van der Waals surface area contributed by atoms with Gasteiger partial charge in [-0.15, -0.1) is 0 Å². The maximum absolute atomic E-state index is 13.0. The maximum atomic E-state index is 13.0. The molecule has 1 aromatic rings. The molecule has 1 saturated heterocycles. The number of anilines is 1. The molecule has 0 spiro atoms. The number of benzene rings is 1. The van der Waals surface area contributed by atoms with Crippen molar-refractivity contribution in [2.45, 2.75) is 19.4 Å². The Hall–Kier alpha value is -1.16. The molecule has 0 aliphatic carbocycles. The molecule has 1 fully saturated rings. The minimum Gasteiger partial charge on any atom is -0.382 e. The molecule has 1 aliphatic rings. The lowest BCUT2D eigenvalue weighted by Crippen LogP contribution is -2.26. The van der Waals surface area contributed by atoms with Crippen molar-refractivity contribution in [1.29, 1.82) is 0 Å². The van der Waals surface area contributed by atoms with E-state index < -0.39 is 11.6 Å². The highest BCUT2D eigenvalue weighted by Gasteiger charge is 2.22. The summed E-state index contributed by atoms with van der Waals surface area (Å²) in [6, 6.07) is 3.63. The number of ether oxygens (including phenoxy) is 1. The van der Waals surface area contributed by atoms with Gasteiger partial charge in [0.1, 0.15) is 11.6 Å². The van der Waals surface area contributed by atoms with Gasteiger partial charge in [0, 0.05) is 30.3 Å². The molecular weight excluding hydrogens is 212 g/mol. The predicted octanol–water partition coefficient (Wildman–Crippen LogP) is 2.80. The Morgan fingerprint density at radius 1 is 1.31 bits per heavy atom. The number of rotatable bonds is 3. The average molecular weight is 227 g/mol. The molecule has 2 atom stereocenters. The summed E-state index contributed by atoms with van der Waals surface area (Å²) in [7, 11) is 0. The average Bonchev–Trinajstić information content (AvgIpc) is 2.68. The molecular formula is C12H15F2NO. The van der Waals surface area contributed by atoms with Crippen LogP contribution in [0.25, 0.3) is 0 Å². The van der Waals surface area contributed by atoms with E-state index >= 15 is 0 Å². The second-order valence-corrected chi connectivity index (χ2v) is 4.21. The van der Waals surface area contributed by atoms with Crippen molar-refractivity contribution >= 4 is 5.69 Å². The van der Waals surface area contributed by atoms with Crippen LogP contribution in [0.4, 0.5) is 14.5 Å². The summed E-state index contributed by atoms with van der Waals surface area (Å²) >= 11 is 0. The highest BCUT2D eigenvalue weighted by molar-refractivity contribution is 5.44. The van der Waals surface area contributed by atoms with Gasteiger partial charge in [-0.05, 0) is 25.5 Å². The first-order chi connectivity index (χ1) is 7.65. The van der Waals surface area contributed by atoms with E-state index in [9.17, 15) is 8.78 Å². The van der Waals surface area contributed by atoms with Crippen molar-refractivity contribution in [3.05, 3.63) is 29.8 Å². The molecule has 2 rings (SSSR count). The van der Waals surface area contributed by atoms with E-state index in [2.05, 4.69) is 5.32 Å². The number of hydrogen-bond donors (Lipinski definition) is 1. The lowest BCUT2D eigenvalue weighted by Gasteiger charge is -2.20. The third-order valence-corrected chi connectivity index (χ3v) is 2.93. The standard InChI is InChI=1S/C12H15F2NO/c1-8(9-2-3-16-7-9)15-12-5-10(13)4-11(14)6-12/h4-6,8-9,15H,2-3,7H2,1H3. The number of hydrogen-bond acceptors (Lipinski definition) is 2. The summed E-state index contributed by atoms with van der Waals surface area (Å²) in [5.74, 6) is -0.707. The Kier molecular flexibility index (Phi) is 3.39. The number of nitrogens with one attached hydrogen (secondary N) is 1. The highest BCUT2D eigenvalue weighted by atomic mass is 19.1. The predicted molar refractivity (Wildman–Crippen MR) is 58.4 cm³/mol. The van der Waals surface area contributed by atoms with Gasteiger partial charge in [-0.3, -0.25) is 0 Å². The van der Waals surface area contributed by atoms with Crippen LogP contribution in [0.2, 0.25) is 0 Å². The second kappa shape index (κ2) is 4.78. The molecule has 2 nitrogen and oxygen atoms in total. The van der Waals surface area contributed by atoms with Gasteiger partial charge in [-0.1, -0.05) is 0 Å². The van der Waals surface area contributed by atoms with Crippen molar-refractivity contribution < 1.29 is 13.5 Å². The van der Waals surface area contributed by atoms with Crippen LogP contribution < -0.4 is 5.32 Å². The molecule has 1 aliphatic heterocycles. The summed E-state index contributed by atoms with van der Waals surface area (Å²) in [4.78, 5) is 0. The molecule has 1 N–H and O–H groups in total. The quantitative estimate of drug-likeness (QED) is 0.857. The molecule has 1 aromatic carbocycles. The topological polar surface area (TPSA) is 21.3 Å². The van der Waals surface area contributed by atoms with E-state index in [1.54, 1.807) is 0 Å². The van der Waals surface area contributed by atoms with Crippen LogP contribution in [0.1, 0.15) is 13.3 Å². The van der Waals surface area contributed by atoms with E-state index in [0.717, 1.165) is 19.1 Å². The maximum Gasteiger partial charge on any atom is 0.128 e. The summed E-state index contributed by atoms with van der Waals surface area (Å²) in [6.07, 6.45) is 0.992. The van der Waals surface area contributed by atoms with Crippen molar-refractivity contribution in [1.82, 2.24) is 0 Å². The largest absolute Gasteiger partial charge is 0.382 e. The zero-order chi connectivity index (χ0) is 11.5. The van der Waals surface area contributed by atoms with Crippen LogP contribution in [0, 0.1) is 17.6 Å². The Morgan fingerprint density at radius 3 is 2.56 bits per heavy atom. The fourth-order valence-corrected chi connectivity index (χ4v) is 1.96. The molecule has 88 valence electrons. The van der Waals surface area contributed by atoms with Crippen LogP contribution in [-0.2, 0) is 4.74 Å². The fraction of sp³-hybridized carbons (Fsp3) is 0.500. The van der Waals surface area contributed by atoms with Crippen LogP contribution in [0.15, 0.2) is 18.2 Å². The molecule has 0 amide bonds. The molecule has 2 unspecified atom stereocenters. The summed E-state index contributed by atoms with van der Waals surface area (Å²) in [5.41, 5.74) is 0.483. The van der Waals surface area contributed by atoms with E-state index in [1.165, 1.54) is 12.1 Å². The van der Waals surface area contributed by atoms with Crippen LogP contribution in [0.5, 0.6) is 0 Å². The van der Waals surface area contributed by atoms with E-state index in [0.29, 0.717) is 18.2 Å². The first kappa shape index (κ1) is 11.3. The van der Waals surface area contributed by atoms with E-state index in [-0.39, 0.29) is 6.04 Å². The van der Waals surface area contributed by atoms with E-state index in [1.807, 2.05) is 6.92 Å². The number of halogens is 2. The van der Waals surface area contributed by atoms with Crippen molar-refractivity contribution in [2.75, 3.05) is 18.5 Å². The van der Waals surface area contributed by atoms with Crippen LogP contribution in [0.3, 0.4) is 0 Å².